The van der Waals surface area contributed by atoms with Gasteiger partial charge in [0.2, 0.25) is 0 Å². The van der Waals surface area contributed by atoms with Crippen molar-refractivity contribution in [1.82, 2.24) is 0 Å². The normalized spacial score (nSPS) is 10.0. The third-order valence-corrected chi connectivity index (χ3v) is 2.02. The van der Waals surface area contributed by atoms with Gasteiger partial charge in [0.15, 0.2) is 0 Å². The Morgan fingerprint density at radius 1 is 1.42 bits per heavy atom. The Morgan fingerprint density at radius 2 is 2.08 bits per heavy atom. The van der Waals surface area contributed by atoms with E-state index >= 15 is 0 Å². The molecule has 0 unspecified atom stereocenters. The van der Waals surface area contributed by atoms with Crippen LogP contribution >= 0.6 is 0 Å². The van der Waals surface area contributed by atoms with Gasteiger partial charge in [-0.2, -0.15) is 0 Å². The molecule has 2 N–H and O–H groups in total. The molecule has 2 nitrogen and oxygen atoms in total. The van der Waals surface area contributed by atoms with Crippen molar-refractivity contribution in [2.24, 2.45) is 0 Å². The van der Waals surface area contributed by atoms with E-state index in [0.29, 0.717) is 0 Å². The molecule has 0 aliphatic carbocycles. The second-order valence-electron chi connectivity index (χ2n) is 3.02. The molecule has 12 heavy (non-hydrogen) atoms. The van der Waals surface area contributed by atoms with E-state index in [1.54, 1.807) is 6.82 Å². The molecule has 0 heterocycles. The standard InChI is InChI=1S/C9H13BO2/c1-7-5-9(10(2)12)4-3-8(7)6-11/h3-5,11-12H,6H2,1-2H3. The molecule has 0 fully saturated rings. The molecule has 1 aromatic carbocycles. The lowest BCUT2D eigenvalue weighted by atomic mass is 9.64. The van der Waals surface area contributed by atoms with Gasteiger partial charge in [-0.25, -0.2) is 0 Å². The Balaban J connectivity index is 3.02. The zero-order valence-corrected chi connectivity index (χ0v) is 7.41. The summed E-state index contributed by atoms with van der Waals surface area (Å²) in [4.78, 5) is 0. The minimum absolute atomic E-state index is 0.0614. The summed E-state index contributed by atoms with van der Waals surface area (Å²) in [5.41, 5.74) is 2.83. The van der Waals surface area contributed by atoms with E-state index in [4.69, 9.17) is 5.11 Å². The van der Waals surface area contributed by atoms with Crippen LogP contribution < -0.4 is 5.46 Å². The number of aryl methyl sites for hydroxylation is 1. The Kier molecular flexibility index (Phi) is 2.90. The number of hydrogen-bond donors (Lipinski definition) is 2. The van der Waals surface area contributed by atoms with Crippen molar-refractivity contribution in [3.05, 3.63) is 29.3 Å². The van der Waals surface area contributed by atoms with Gasteiger partial charge in [0.1, 0.15) is 0 Å². The van der Waals surface area contributed by atoms with Gasteiger partial charge in [0.05, 0.1) is 6.61 Å². The molecule has 0 bridgehead atoms. The summed E-state index contributed by atoms with van der Waals surface area (Å²) < 4.78 is 0. The van der Waals surface area contributed by atoms with Gasteiger partial charge in [-0.3, -0.25) is 0 Å². The van der Waals surface area contributed by atoms with Gasteiger partial charge < -0.3 is 10.1 Å². The first-order valence-corrected chi connectivity index (χ1v) is 4.03. The molecule has 1 aromatic rings. The van der Waals surface area contributed by atoms with Crippen LogP contribution in [0.25, 0.3) is 0 Å². The number of hydrogen-bond acceptors (Lipinski definition) is 2. The summed E-state index contributed by atoms with van der Waals surface area (Å²) in [5, 5.41) is 18.1. The monoisotopic (exact) mass is 164 g/mol. The molecule has 0 atom stereocenters. The second-order valence-corrected chi connectivity index (χ2v) is 3.02. The highest BCUT2D eigenvalue weighted by Gasteiger charge is 2.07. The molecule has 0 aromatic heterocycles. The summed E-state index contributed by atoms with van der Waals surface area (Å²) >= 11 is 0. The van der Waals surface area contributed by atoms with Gasteiger partial charge in [-0.05, 0) is 23.5 Å². The lowest BCUT2D eigenvalue weighted by Crippen LogP contribution is -2.26. The first kappa shape index (κ1) is 9.29. The van der Waals surface area contributed by atoms with E-state index in [2.05, 4.69) is 0 Å². The van der Waals surface area contributed by atoms with Gasteiger partial charge in [0.25, 0.3) is 0 Å². The Morgan fingerprint density at radius 3 is 2.50 bits per heavy atom. The molecule has 3 heteroatoms. The predicted octanol–water partition coefficient (Wildman–Crippen LogP) is 0.308. The maximum absolute atomic E-state index is 9.25. The van der Waals surface area contributed by atoms with Crippen LogP contribution in [0.4, 0.5) is 0 Å². The second kappa shape index (κ2) is 3.74. The first-order valence-electron chi connectivity index (χ1n) is 4.03. The fraction of sp³-hybridized carbons (Fsp3) is 0.333. The van der Waals surface area contributed by atoms with Crippen molar-refractivity contribution in [3.8, 4) is 0 Å². The van der Waals surface area contributed by atoms with E-state index < -0.39 is 6.92 Å². The highest BCUT2D eigenvalue weighted by molar-refractivity contribution is 6.64. The molecule has 0 spiro atoms. The third kappa shape index (κ3) is 1.87. The van der Waals surface area contributed by atoms with Gasteiger partial charge in [-0.1, -0.05) is 25.0 Å². The molecule has 0 radical (unpaired) electrons. The van der Waals surface area contributed by atoms with Crippen LogP contribution in [-0.2, 0) is 6.61 Å². The average Bonchev–Trinajstić information content (AvgIpc) is 2.04. The highest BCUT2D eigenvalue weighted by Crippen LogP contribution is 2.05. The molecule has 0 aliphatic heterocycles. The zero-order valence-electron chi connectivity index (χ0n) is 7.41. The van der Waals surface area contributed by atoms with E-state index in [0.717, 1.165) is 16.6 Å². The SMILES string of the molecule is CB(O)c1ccc(CO)c(C)c1. The zero-order chi connectivity index (χ0) is 9.14. The van der Waals surface area contributed by atoms with E-state index in [1.165, 1.54) is 0 Å². The average molecular weight is 164 g/mol. The summed E-state index contributed by atoms with van der Waals surface area (Å²) in [6.45, 7) is 3.29. The molecule has 0 saturated carbocycles. The summed E-state index contributed by atoms with van der Waals surface area (Å²) in [6, 6.07) is 5.58. The number of aliphatic hydroxyl groups is 1. The van der Waals surface area contributed by atoms with Crippen LogP contribution in [0.1, 0.15) is 11.1 Å². The van der Waals surface area contributed by atoms with Crippen molar-refractivity contribution in [2.45, 2.75) is 20.4 Å². The molecular weight excluding hydrogens is 151 g/mol. The molecule has 0 amide bonds. The molecular formula is C9H13BO2. The van der Waals surface area contributed by atoms with Crippen molar-refractivity contribution in [3.63, 3.8) is 0 Å². The van der Waals surface area contributed by atoms with Crippen molar-refractivity contribution < 1.29 is 10.1 Å². The fourth-order valence-electron chi connectivity index (χ4n) is 1.16. The first-order chi connectivity index (χ1) is 5.65. The van der Waals surface area contributed by atoms with E-state index in [9.17, 15) is 5.02 Å². The van der Waals surface area contributed by atoms with Crippen LogP contribution in [0, 0.1) is 6.92 Å². The van der Waals surface area contributed by atoms with Crippen LogP contribution in [0.15, 0.2) is 18.2 Å². The molecule has 1 rings (SSSR count). The van der Waals surface area contributed by atoms with Crippen LogP contribution in [-0.4, -0.2) is 17.0 Å². The molecule has 64 valence electrons. The Bertz CT molecular complexity index is 271. The maximum Gasteiger partial charge on any atom is 0.320 e. The fourth-order valence-corrected chi connectivity index (χ4v) is 1.16. The topological polar surface area (TPSA) is 40.5 Å². The number of benzene rings is 1. The van der Waals surface area contributed by atoms with E-state index in [1.807, 2.05) is 25.1 Å². The smallest absolute Gasteiger partial charge is 0.320 e. The summed E-state index contributed by atoms with van der Waals surface area (Å²) in [7, 11) is 0. The largest absolute Gasteiger partial charge is 0.447 e. The minimum Gasteiger partial charge on any atom is -0.447 e. The Hall–Kier alpha value is -0.795. The lowest BCUT2D eigenvalue weighted by Gasteiger charge is -2.05. The van der Waals surface area contributed by atoms with Crippen LogP contribution in [0.3, 0.4) is 0 Å². The van der Waals surface area contributed by atoms with Crippen molar-refractivity contribution in [1.29, 1.82) is 0 Å². The van der Waals surface area contributed by atoms with Crippen LogP contribution in [0.5, 0.6) is 0 Å². The maximum atomic E-state index is 9.25. The minimum atomic E-state index is -0.434. The summed E-state index contributed by atoms with van der Waals surface area (Å²) in [6.07, 6.45) is 0. The number of aliphatic hydroxyl groups excluding tert-OH is 1. The van der Waals surface area contributed by atoms with E-state index in [-0.39, 0.29) is 6.61 Å². The lowest BCUT2D eigenvalue weighted by molar-refractivity contribution is 0.281. The van der Waals surface area contributed by atoms with Gasteiger partial charge >= 0.3 is 6.92 Å². The highest BCUT2D eigenvalue weighted by atomic mass is 16.3. The van der Waals surface area contributed by atoms with Gasteiger partial charge in [-0.15, -0.1) is 0 Å². The quantitative estimate of drug-likeness (QED) is 0.617. The van der Waals surface area contributed by atoms with Crippen molar-refractivity contribution in [2.75, 3.05) is 0 Å². The Labute approximate surface area is 73.0 Å². The molecule has 0 aliphatic rings. The van der Waals surface area contributed by atoms with Crippen molar-refractivity contribution >= 4 is 12.4 Å². The number of rotatable bonds is 2. The third-order valence-electron chi connectivity index (χ3n) is 2.02. The molecule has 0 saturated heterocycles. The van der Waals surface area contributed by atoms with Gasteiger partial charge in [0, 0.05) is 0 Å². The predicted molar refractivity (Wildman–Crippen MR) is 50.6 cm³/mol. The summed E-state index contributed by atoms with van der Waals surface area (Å²) in [5.74, 6) is 0. The van der Waals surface area contributed by atoms with Crippen LogP contribution in [0.2, 0.25) is 6.82 Å².